The van der Waals surface area contributed by atoms with Crippen molar-refractivity contribution in [2.24, 2.45) is 7.05 Å². The van der Waals surface area contributed by atoms with Crippen molar-refractivity contribution in [3.8, 4) is 5.88 Å². The minimum Gasteiger partial charge on any atom is -0.481 e. The summed E-state index contributed by atoms with van der Waals surface area (Å²) in [6.07, 6.45) is 5.01. The van der Waals surface area contributed by atoms with Crippen LogP contribution in [0.4, 0.5) is 5.95 Å². The van der Waals surface area contributed by atoms with Gasteiger partial charge in [0.1, 0.15) is 0 Å². The average Bonchev–Trinajstić information content (AvgIpc) is 3.04. The van der Waals surface area contributed by atoms with E-state index in [1.54, 1.807) is 11.8 Å². The zero-order valence-electron chi connectivity index (χ0n) is 15.0. The van der Waals surface area contributed by atoms with Gasteiger partial charge in [0, 0.05) is 57.6 Å². The van der Waals surface area contributed by atoms with Crippen LogP contribution < -0.4 is 9.64 Å². The molecule has 0 saturated carbocycles. The number of methoxy groups -OCH3 is 1. The SMILES string of the molecule is COc1cc(C)nc(N2CCN(C(=O)CCc3cnn(C)c3)CC2)n1. The van der Waals surface area contributed by atoms with Crippen LogP contribution in [-0.4, -0.2) is 63.8 Å². The molecule has 3 heterocycles. The molecule has 0 radical (unpaired) electrons. The Labute approximate surface area is 147 Å². The van der Waals surface area contributed by atoms with E-state index in [0.29, 0.717) is 31.3 Å². The molecule has 1 aliphatic heterocycles. The second-order valence-corrected chi connectivity index (χ2v) is 6.24. The van der Waals surface area contributed by atoms with Crippen LogP contribution in [-0.2, 0) is 18.3 Å². The lowest BCUT2D eigenvalue weighted by molar-refractivity contribution is -0.131. The molecular formula is C17H24N6O2. The molecule has 0 bridgehead atoms. The van der Waals surface area contributed by atoms with Crippen LogP contribution in [0.15, 0.2) is 18.5 Å². The second kappa shape index (κ2) is 7.50. The number of aryl methyl sites for hydroxylation is 3. The van der Waals surface area contributed by atoms with Gasteiger partial charge >= 0.3 is 0 Å². The van der Waals surface area contributed by atoms with E-state index in [-0.39, 0.29) is 5.91 Å². The third kappa shape index (κ3) is 4.26. The molecule has 1 amide bonds. The summed E-state index contributed by atoms with van der Waals surface area (Å²) in [5.41, 5.74) is 1.96. The largest absolute Gasteiger partial charge is 0.481 e. The van der Waals surface area contributed by atoms with Gasteiger partial charge in [-0.2, -0.15) is 10.1 Å². The number of anilines is 1. The van der Waals surface area contributed by atoms with Crippen LogP contribution in [0, 0.1) is 6.92 Å². The van der Waals surface area contributed by atoms with Gasteiger partial charge in [-0.15, -0.1) is 0 Å². The van der Waals surface area contributed by atoms with Gasteiger partial charge in [-0.3, -0.25) is 9.48 Å². The van der Waals surface area contributed by atoms with Gasteiger partial charge in [-0.25, -0.2) is 4.98 Å². The van der Waals surface area contributed by atoms with E-state index in [4.69, 9.17) is 4.74 Å². The Morgan fingerprint density at radius 3 is 2.64 bits per heavy atom. The number of hydrogen-bond donors (Lipinski definition) is 0. The maximum atomic E-state index is 12.4. The fourth-order valence-electron chi connectivity index (χ4n) is 2.94. The fraction of sp³-hybridized carbons (Fsp3) is 0.529. The maximum absolute atomic E-state index is 12.4. The molecule has 0 aliphatic carbocycles. The zero-order valence-corrected chi connectivity index (χ0v) is 15.0. The number of rotatable bonds is 5. The first-order valence-corrected chi connectivity index (χ1v) is 8.45. The normalized spacial score (nSPS) is 14.7. The highest BCUT2D eigenvalue weighted by Crippen LogP contribution is 2.17. The molecule has 3 rings (SSSR count). The summed E-state index contributed by atoms with van der Waals surface area (Å²) in [5.74, 6) is 1.42. The van der Waals surface area contributed by atoms with Crippen molar-refractivity contribution in [3.05, 3.63) is 29.7 Å². The third-order valence-electron chi connectivity index (χ3n) is 4.33. The lowest BCUT2D eigenvalue weighted by Gasteiger charge is -2.35. The topological polar surface area (TPSA) is 76.4 Å². The molecule has 1 aliphatic rings. The van der Waals surface area contributed by atoms with Crippen LogP contribution in [0.5, 0.6) is 5.88 Å². The molecular weight excluding hydrogens is 320 g/mol. The Hall–Kier alpha value is -2.64. The van der Waals surface area contributed by atoms with E-state index in [1.165, 1.54) is 0 Å². The van der Waals surface area contributed by atoms with Gasteiger partial charge in [0.2, 0.25) is 17.7 Å². The Morgan fingerprint density at radius 2 is 2.00 bits per heavy atom. The Balaban J connectivity index is 1.52. The quantitative estimate of drug-likeness (QED) is 0.799. The lowest BCUT2D eigenvalue weighted by Crippen LogP contribution is -2.49. The molecule has 0 unspecified atom stereocenters. The Morgan fingerprint density at radius 1 is 1.24 bits per heavy atom. The van der Waals surface area contributed by atoms with Gasteiger partial charge in [0.25, 0.3) is 0 Å². The van der Waals surface area contributed by atoms with E-state index in [9.17, 15) is 4.79 Å². The molecule has 0 N–H and O–H groups in total. The van der Waals surface area contributed by atoms with Gasteiger partial charge in [0.15, 0.2) is 0 Å². The summed E-state index contributed by atoms with van der Waals surface area (Å²) in [5, 5.41) is 4.13. The third-order valence-corrected chi connectivity index (χ3v) is 4.33. The second-order valence-electron chi connectivity index (χ2n) is 6.24. The van der Waals surface area contributed by atoms with Gasteiger partial charge in [-0.05, 0) is 18.9 Å². The number of nitrogens with zero attached hydrogens (tertiary/aromatic N) is 6. The Kier molecular flexibility index (Phi) is 5.16. The first kappa shape index (κ1) is 17.2. The summed E-state index contributed by atoms with van der Waals surface area (Å²) in [7, 11) is 3.48. The van der Waals surface area contributed by atoms with E-state index in [1.807, 2.05) is 37.3 Å². The first-order chi connectivity index (χ1) is 12.0. The number of hydrogen-bond acceptors (Lipinski definition) is 6. The molecule has 8 heteroatoms. The summed E-state index contributed by atoms with van der Waals surface area (Å²) in [6.45, 7) is 4.75. The molecule has 134 valence electrons. The van der Waals surface area contributed by atoms with Crippen LogP contribution in [0.3, 0.4) is 0 Å². The minimum atomic E-state index is 0.186. The standard InChI is InChI=1S/C17H24N6O2/c1-13-10-15(25-3)20-17(19-13)23-8-6-22(7-9-23)16(24)5-4-14-11-18-21(2)12-14/h10-12H,4-9H2,1-3H3. The number of aromatic nitrogens is 4. The van der Waals surface area contributed by atoms with Crippen molar-refractivity contribution >= 4 is 11.9 Å². The van der Waals surface area contributed by atoms with E-state index in [0.717, 1.165) is 30.8 Å². The van der Waals surface area contributed by atoms with Crippen molar-refractivity contribution in [3.63, 3.8) is 0 Å². The van der Waals surface area contributed by atoms with Crippen molar-refractivity contribution in [2.75, 3.05) is 38.2 Å². The molecule has 0 aromatic carbocycles. The van der Waals surface area contributed by atoms with Crippen LogP contribution in [0.25, 0.3) is 0 Å². The van der Waals surface area contributed by atoms with Crippen molar-refractivity contribution < 1.29 is 9.53 Å². The number of amides is 1. The van der Waals surface area contributed by atoms with Crippen molar-refractivity contribution in [2.45, 2.75) is 19.8 Å². The predicted octanol–water partition coefficient (Wildman–Crippen LogP) is 0.809. The van der Waals surface area contributed by atoms with E-state index < -0.39 is 0 Å². The number of carbonyl (C=O) groups excluding carboxylic acids is 1. The predicted molar refractivity (Wildman–Crippen MR) is 93.6 cm³/mol. The molecule has 8 nitrogen and oxygen atoms in total. The molecule has 0 atom stereocenters. The zero-order chi connectivity index (χ0) is 17.8. The molecule has 25 heavy (non-hydrogen) atoms. The number of carbonyl (C=O) groups is 1. The Bertz CT molecular complexity index is 736. The van der Waals surface area contributed by atoms with Gasteiger partial charge < -0.3 is 14.5 Å². The fourth-order valence-corrected chi connectivity index (χ4v) is 2.94. The first-order valence-electron chi connectivity index (χ1n) is 8.45. The maximum Gasteiger partial charge on any atom is 0.228 e. The molecule has 2 aromatic rings. The van der Waals surface area contributed by atoms with E-state index in [2.05, 4.69) is 20.0 Å². The van der Waals surface area contributed by atoms with Crippen LogP contribution in [0.1, 0.15) is 17.7 Å². The van der Waals surface area contributed by atoms with Crippen LogP contribution >= 0.6 is 0 Å². The highest BCUT2D eigenvalue weighted by atomic mass is 16.5. The molecule has 1 saturated heterocycles. The van der Waals surface area contributed by atoms with Crippen molar-refractivity contribution in [1.29, 1.82) is 0 Å². The number of piperazine rings is 1. The van der Waals surface area contributed by atoms with Crippen molar-refractivity contribution in [1.82, 2.24) is 24.6 Å². The molecule has 0 spiro atoms. The minimum absolute atomic E-state index is 0.186. The van der Waals surface area contributed by atoms with Crippen LogP contribution in [0.2, 0.25) is 0 Å². The summed E-state index contributed by atoms with van der Waals surface area (Å²) in [4.78, 5) is 25.3. The molecule has 2 aromatic heterocycles. The summed E-state index contributed by atoms with van der Waals surface area (Å²) in [6, 6.07) is 1.81. The smallest absolute Gasteiger partial charge is 0.228 e. The lowest BCUT2D eigenvalue weighted by atomic mass is 10.2. The van der Waals surface area contributed by atoms with E-state index >= 15 is 0 Å². The highest BCUT2D eigenvalue weighted by molar-refractivity contribution is 5.76. The molecule has 1 fully saturated rings. The van der Waals surface area contributed by atoms with Gasteiger partial charge in [0.05, 0.1) is 13.3 Å². The monoisotopic (exact) mass is 344 g/mol. The summed E-state index contributed by atoms with van der Waals surface area (Å²) >= 11 is 0. The van der Waals surface area contributed by atoms with Gasteiger partial charge in [-0.1, -0.05) is 0 Å². The summed E-state index contributed by atoms with van der Waals surface area (Å²) < 4.78 is 6.97. The number of ether oxygens (including phenoxy) is 1. The average molecular weight is 344 g/mol. The highest BCUT2D eigenvalue weighted by Gasteiger charge is 2.23.